The zero-order valence-corrected chi connectivity index (χ0v) is 15.0. The Bertz CT molecular complexity index is 752. The first kappa shape index (κ1) is 17.1. The number of carboxylic acid groups (broad SMARTS) is 1. The molecule has 0 unspecified atom stereocenters. The highest BCUT2D eigenvalue weighted by Crippen LogP contribution is 2.44. The molecule has 1 fully saturated rings. The molecule has 4 rings (SSSR count). The summed E-state index contributed by atoms with van der Waals surface area (Å²) in [6, 6.07) is 7.96. The fourth-order valence-electron chi connectivity index (χ4n) is 4.31. The molecule has 1 N–H and O–H groups in total. The summed E-state index contributed by atoms with van der Waals surface area (Å²) in [5.41, 5.74) is 1.96. The maximum atomic E-state index is 12.3. The van der Waals surface area contributed by atoms with Crippen molar-refractivity contribution in [3.05, 3.63) is 35.7 Å². The van der Waals surface area contributed by atoms with E-state index in [-0.39, 0.29) is 17.8 Å². The van der Waals surface area contributed by atoms with Crippen LogP contribution in [0.15, 0.2) is 35.7 Å². The summed E-state index contributed by atoms with van der Waals surface area (Å²) in [4.78, 5) is 30.6. The molecule has 0 aliphatic carbocycles. The second-order valence-electron chi connectivity index (χ2n) is 7.22. The standard InChI is InChI=1S/C20H25N3O3/c24-17-9-14-23-16-8-2-1-7-15(16)22(19(23)18(17)20(25)26)13-6-5-12-21-10-3-4-11-21/h1-2,7-8H,3-6,9-14H2,(H,25,26). The average molecular weight is 355 g/mol. The van der Waals surface area contributed by atoms with Crippen LogP contribution in [0.3, 0.4) is 0 Å². The van der Waals surface area contributed by atoms with Crippen molar-refractivity contribution < 1.29 is 14.7 Å². The average Bonchev–Trinajstić information content (AvgIpc) is 3.25. The molecule has 0 radical (unpaired) electrons. The summed E-state index contributed by atoms with van der Waals surface area (Å²) in [7, 11) is 0. The quantitative estimate of drug-likeness (QED) is 0.625. The van der Waals surface area contributed by atoms with Crippen LogP contribution in [0.4, 0.5) is 11.4 Å². The van der Waals surface area contributed by atoms with Gasteiger partial charge in [-0.1, -0.05) is 12.1 Å². The number of anilines is 2. The number of nitrogens with zero attached hydrogens (tertiary/aromatic N) is 3. The van der Waals surface area contributed by atoms with Crippen LogP contribution in [0, 0.1) is 0 Å². The fourth-order valence-corrected chi connectivity index (χ4v) is 4.31. The fraction of sp³-hybridized carbons (Fsp3) is 0.500. The monoisotopic (exact) mass is 355 g/mol. The first-order valence-corrected chi connectivity index (χ1v) is 9.54. The van der Waals surface area contributed by atoms with Gasteiger partial charge in [0.1, 0.15) is 11.4 Å². The highest BCUT2D eigenvalue weighted by atomic mass is 16.4. The molecule has 6 nitrogen and oxygen atoms in total. The minimum Gasteiger partial charge on any atom is -0.477 e. The van der Waals surface area contributed by atoms with Crippen LogP contribution in [-0.2, 0) is 9.59 Å². The van der Waals surface area contributed by atoms with Gasteiger partial charge in [0.05, 0.1) is 11.4 Å². The number of carbonyl (C=O) groups is 2. The molecule has 6 heteroatoms. The van der Waals surface area contributed by atoms with Crippen LogP contribution >= 0.6 is 0 Å². The van der Waals surface area contributed by atoms with Crippen molar-refractivity contribution in [2.45, 2.75) is 32.1 Å². The number of rotatable bonds is 6. The number of ketones is 1. The third kappa shape index (κ3) is 2.98. The number of hydrogen-bond acceptors (Lipinski definition) is 5. The van der Waals surface area contributed by atoms with Gasteiger partial charge in [-0.25, -0.2) is 4.79 Å². The maximum absolute atomic E-state index is 12.3. The van der Waals surface area contributed by atoms with Crippen molar-refractivity contribution >= 4 is 23.1 Å². The largest absolute Gasteiger partial charge is 0.477 e. The normalized spacial score (nSPS) is 19.9. The lowest BCUT2D eigenvalue weighted by Gasteiger charge is -2.30. The highest BCUT2D eigenvalue weighted by Gasteiger charge is 2.40. The van der Waals surface area contributed by atoms with Gasteiger partial charge in [-0.05, 0) is 57.5 Å². The van der Waals surface area contributed by atoms with Crippen molar-refractivity contribution in [2.24, 2.45) is 0 Å². The van der Waals surface area contributed by atoms with Crippen LogP contribution in [0.5, 0.6) is 0 Å². The van der Waals surface area contributed by atoms with E-state index in [9.17, 15) is 14.7 Å². The Morgan fingerprint density at radius 1 is 1.00 bits per heavy atom. The van der Waals surface area contributed by atoms with E-state index in [1.165, 1.54) is 25.9 Å². The Labute approximate surface area is 153 Å². The van der Waals surface area contributed by atoms with Gasteiger partial charge in [-0.3, -0.25) is 4.79 Å². The number of Topliss-reactive ketones (excluding diaryl/α,β-unsaturated/α-hetero) is 1. The van der Waals surface area contributed by atoms with E-state index in [0.717, 1.165) is 37.3 Å². The lowest BCUT2D eigenvalue weighted by atomic mass is 10.0. The van der Waals surface area contributed by atoms with Crippen molar-refractivity contribution in [3.63, 3.8) is 0 Å². The van der Waals surface area contributed by atoms with Crippen molar-refractivity contribution in [1.82, 2.24) is 4.90 Å². The van der Waals surface area contributed by atoms with Crippen LogP contribution in [0.25, 0.3) is 0 Å². The first-order chi connectivity index (χ1) is 12.7. The van der Waals surface area contributed by atoms with Gasteiger partial charge in [-0.2, -0.15) is 0 Å². The van der Waals surface area contributed by atoms with Crippen LogP contribution < -0.4 is 9.80 Å². The SMILES string of the molecule is O=C(O)C1=C2N(CCCCN3CCCC3)c3ccccc3N2CCC1=O. The summed E-state index contributed by atoms with van der Waals surface area (Å²) in [5, 5.41) is 9.63. The maximum Gasteiger partial charge on any atom is 0.343 e. The van der Waals surface area contributed by atoms with Gasteiger partial charge < -0.3 is 19.8 Å². The summed E-state index contributed by atoms with van der Waals surface area (Å²) < 4.78 is 0. The topological polar surface area (TPSA) is 64.1 Å². The number of likely N-dealkylation sites (tertiary alicyclic amines) is 1. The Morgan fingerprint density at radius 2 is 1.69 bits per heavy atom. The molecular formula is C20H25N3O3. The number of aliphatic carboxylic acids is 1. The molecule has 0 atom stereocenters. The van der Waals surface area contributed by atoms with Gasteiger partial charge in [0.25, 0.3) is 0 Å². The minimum absolute atomic E-state index is 0.0630. The van der Waals surface area contributed by atoms with Gasteiger partial charge in [0.15, 0.2) is 5.78 Å². The first-order valence-electron chi connectivity index (χ1n) is 9.54. The lowest BCUT2D eigenvalue weighted by Crippen LogP contribution is -2.39. The van der Waals surface area contributed by atoms with Crippen molar-refractivity contribution in [1.29, 1.82) is 0 Å². The molecular weight excluding hydrogens is 330 g/mol. The number of benzene rings is 1. The lowest BCUT2D eigenvalue weighted by molar-refractivity contribution is -0.134. The van der Waals surface area contributed by atoms with Crippen LogP contribution in [0.2, 0.25) is 0 Å². The molecule has 0 aromatic heterocycles. The Morgan fingerprint density at radius 3 is 2.42 bits per heavy atom. The van der Waals surface area contributed by atoms with E-state index < -0.39 is 5.97 Å². The number of carboxylic acids is 1. The third-order valence-electron chi connectivity index (χ3n) is 5.56. The Hall–Kier alpha value is -2.34. The molecule has 0 saturated carbocycles. The summed E-state index contributed by atoms with van der Waals surface area (Å²) in [5.74, 6) is -0.820. The van der Waals surface area contributed by atoms with E-state index in [0.29, 0.717) is 12.4 Å². The molecule has 26 heavy (non-hydrogen) atoms. The summed E-state index contributed by atoms with van der Waals surface area (Å²) in [6.07, 6.45) is 4.91. The number of fused-ring (bicyclic) bond motifs is 3. The molecule has 0 bridgehead atoms. The molecule has 3 aliphatic rings. The molecule has 3 aliphatic heterocycles. The van der Waals surface area contributed by atoms with Gasteiger partial charge in [-0.15, -0.1) is 0 Å². The molecule has 3 heterocycles. The van der Waals surface area contributed by atoms with Crippen LogP contribution in [0.1, 0.15) is 32.1 Å². The predicted octanol–water partition coefficient (Wildman–Crippen LogP) is 2.46. The number of hydrogen-bond donors (Lipinski definition) is 1. The van der Waals surface area contributed by atoms with Gasteiger partial charge >= 0.3 is 5.97 Å². The zero-order valence-electron chi connectivity index (χ0n) is 15.0. The predicted molar refractivity (Wildman–Crippen MR) is 100 cm³/mol. The van der Waals surface area contributed by atoms with Crippen molar-refractivity contribution in [3.8, 4) is 0 Å². The van der Waals surface area contributed by atoms with E-state index >= 15 is 0 Å². The third-order valence-corrected chi connectivity index (χ3v) is 5.56. The molecule has 138 valence electrons. The second kappa shape index (κ2) is 7.11. The van der Waals surface area contributed by atoms with E-state index in [2.05, 4.69) is 4.90 Å². The molecule has 1 aromatic carbocycles. The van der Waals surface area contributed by atoms with Crippen LogP contribution in [-0.4, -0.2) is 54.5 Å². The molecule has 0 spiro atoms. The van der Waals surface area contributed by atoms with E-state index in [1.54, 1.807) is 0 Å². The van der Waals surface area contributed by atoms with Gasteiger partial charge in [0, 0.05) is 19.5 Å². The Kier molecular flexibility index (Phi) is 4.68. The highest BCUT2D eigenvalue weighted by molar-refractivity contribution is 6.19. The summed E-state index contributed by atoms with van der Waals surface area (Å²) >= 11 is 0. The Balaban J connectivity index is 1.56. The molecule has 1 aromatic rings. The smallest absolute Gasteiger partial charge is 0.343 e. The number of para-hydroxylation sites is 2. The van der Waals surface area contributed by atoms with Crippen molar-refractivity contribution in [2.75, 3.05) is 42.5 Å². The minimum atomic E-state index is -1.12. The van der Waals surface area contributed by atoms with E-state index in [1.807, 2.05) is 34.1 Å². The second-order valence-corrected chi connectivity index (χ2v) is 7.22. The van der Waals surface area contributed by atoms with Gasteiger partial charge in [0.2, 0.25) is 0 Å². The molecule has 0 amide bonds. The van der Waals surface area contributed by atoms with E-state index in [4.69, 9.17) is 0 Å². The number of unbranched alkanes of at least 4 members (excludes halogenated alkanes) is 1. The zero-order chi connectivity index (χ0) is 18.1. The molecule has 1 saturated heterocycles. The number of carbonyl (C=O) groups excluding carboxylic acids is 1. The summed E-state index contributed by atoms with van der Waals surface area (Å²) in [6.45, 7) is 4.78.